The summed E-state index contributed by atoms with van der Waals surface area (Å²) in [6, 6.07) is 0. The fourth-order valence-corrected chi connectivity index (χ4v) is 1.36. The lowest BCUT2D eigenvalue weighted by Gasteiger charge is -2.09. The van der Waals surface area contributed by atoms with Crippen molar-refractivity contribution in [1.82, 2.24) is 20.3 Å². The summed E-state index contributed by atoms with van der Waals surface area (Å²) in [4.78, 5) is 22.0. The molecule has 1 aromatic rings. The standard InChI is InChI=1S/C11H18N4O4/c1-8(19-2)3-4-10(16)12-5-6-15-7-9(11(17)18)13-14-15/h7-8H,3-6H2,1-2H3,(H,12,16)(H,17,18). The van der Waals surface area contributed by atoms with Gasteiger partial charge in [-0.3, -0.25) is 4.79 Å². The molecular formula is C11H18N4O4. The summed E-state index contributed by atoms with van der Waals surface area (Å²) in [6.45, 7) is 2.66. The van der Waals surface area contributed by atoms with Gasteiger partial charge in [0.15, 0.2) is 5.69 Å². The summed E-state index contributed by atoms with van der Waals surface area (Å²) in [5, 5.41) is 18.5. The van der Waals surface area contributed by atoms with Crippen LogP contribution in [0.1, 0.15) is 30.3 Å². The van der Waals surface area contributed by atoms with Crippen molar-refractivity contribution < 1.29 is 19.4 Å². The van der Waals surface area contributed by atoms with Crippen LogP contribution < -0.4 is 5.32 Å². The van der Waals surface area contributed by atoms with Crippen LogP contribution >= 0.6 is 0 Å². The van der Waals surface area contributed by atoms with Gasteiger partial charge in [0.25, 0.3) is 0 Å². The summed E-state index contributed by atoms with van der Waals surface area (Å²) in [5.74, 6) is -1.19. The van der Waals surface area contributed by atoms with E-state index < -0.39 is 5.97 Å². The number of carboxylic acid groups (broad SMARTS) is 1. The largest absolute Gasteiger partial charge is 0.476 e. The van der Waals surface area contributed by atoms with Crippen molar-refractivity contribution in [2.75, 3.05) is 13.7 Å². The van der Waals surface area contributed by atoms with E-state index in [1.165, 1.54) is 10.9 Å². The minimum absolute atomic E-state index is 0.0548. The van der Waals surface area contributed by atoms with Crippen LogP contribution in [0, 0.1) is 0 Å². The van der Waals surface area contributed by atoms with Crippen LogP contribution in [0.2, 0.25) is 0 Å². The third-order valence-electron chi connectivity index (χ3n) is 2.60. The highest BCUT2D eigenvalue weighted by Crippen LogP contribution is 1.99. The zero-order chi connectivity index (χ0) is 14.3. The molecule has 1 atom stereocenters. The van der Waals surface area contributed by atoms with Gasteiger partial charge in [0.05, 0.1) is 18.8 Å². The summed E-state index contributed by atoms with van der Waals surface area (Å²) >= 11 is 0. The summed E-state index contributed by atoms with van der Waals surface area (Å²) in [7, 11) is 1.60. The number of aromatic carboxylic acids is 1. The number of nitrogens with zero attached hydrogens (tertiary/aromatic N) is 3. The summed E-state index contributed by atoms with van der Waals surface area (Å²) in [6.07, 6.45) is 2.43. The number of rotatable bonds is 8. The van der Waals surface area contributed by atoms with Gasteiger partial charge in [0, 0.05) is 20.1 Å². The van der Waals surface area contributed by atoms with Crippen molar-refractivity contribution >= 4 is 11.9 Å². The molecule has 0 aliphatic rings. The van der Waals surface area contributed by atoms with Crippen molar-refractivity contribution in [3.05, 3.63) is 11.9 Å². The second-order valence-electron chi connectivity index (χ2n) is 4.11. The SMILES string of the molecule is COC(C)CCC(=O)NCCn1cc(C(=O)O)nn1. The molecule has 0 bridgehead atoms. The van der Waals surface area contributed by atoms with Crippen molar-refractivity contribution in [2.45, 2.75) is 32.4 Å². The summed E-state index contributed by atoms with van der Waals surface area (Å²) in [5.41, 5.74) is -0.111. The fraction of sp³-hybridized carbons (Fsp3) is 0.636. The Morgan fingerprint density at radius 3 is 2.89 bits per heavy atom. The molecule has 0 aromatic carbocycles. The predicted molar refractivity (Wildman–Crippen MR) is 65.7 cm³/mol. The molecule has 0 spiro atoms. The Morgan fingerprint density at radius 2 is 2.32 bits per heavy atom. The lowest BCUT2D eigenvalue weighted by Crippen LogP contribution is -2.28. The van der Waals surface area contributed by atoms with Gasteiger partial charge in [-0.25, -0.2) is 9.48 Å². The monoisotopic (exact) mass is 270 g/mol. The number of ether oxygens (including phenoxy) is 1. The molecule has 1 amide bonds. The van der Waals surface area contributed by atoms with Crippen LogP contribution in [0.5, 0.6) is 0 Å². The van der Waals surface area contributed by atoms with Gasteiger partial charge in [-0.2, -0.15) is 0 Å². The van der Waals surface area contributed by atoms with Gasteiger partial charge in [-0.15, -0.1) is 5.10 Å². The van der Waals surface area contributed by atoms with Crippen LogP contribution in [0.15, 0.2) is 6.20 Å². The average Bonchev–Trinajstić information content (AvgIpc) is 2.85. The number of nitrogens with one attached hydrogen (secondary N) is 1. The van der Waals surface area contributed by atoms with E-state index in [-0.39, 0.29) is 17.7 Å². The Bertz CT molecular complexity index is 432. The first-order valence-electron chi connectivity index (χ1n) is 5.96. The number of carbonyl (C=O) groups is 2. The van der Waals surface area contributed by atoms with Crippen LogP contribution in [-0.4, -0.2) is 51.7 Å². The normalized spacial score (nSPS) is 12.1. The first-order chi connectivity index (χ1) is 9.02. The Morgan fingerprint density at radius 1 is 1.58 bits per heavy atom. The summed E-state index contributed by atoms with van der Waals surface area (Å²) < 4.78 is 6.42. The maximum Gasteiger partial charge on any atom is 0.358 e. The van der Waals surface area contributed by atoms with E-state index >= 15 is 0 Å². The van der Waals surface area contributed by atoms with Crippen molar-refractivity contribution in [3.8, 4) is 0 Å². The smallest absolute Gasteiger partial charge is 0.358 e. The molecule has 1 aromatic heterocycles. The Balaban J connectivity index is 2.22. The number of amides is 1. The molecular weight excluding hydrogens is 252 g/mol. The van der Waals surface area contributed by atoms with Crippen molar-refractivity contribution in [2.24, 2.45) is 0 Å². The number of hydrogen-bond acceptors (Lipinski definition) is 5. The predicted octanol–water partition coefficient (Wildman–Crippen LogP) is -0.0924. The lowest BCUT2D eigenvalue weighted by atomic mass is 10.2. The zero-order valence-electron chi connectivity index (χ0n) is 11.0. The van der Waals surface area contributed by atoms with Crippen molar-refractivity contribution in [3.63, 3.8) is 0 Å². The van der Waals surface area contributed by atoms with E-state index in [9.17, 15) is 9.59 Å². The number of methoxy groups -OCH3 is 1. The number of carboxylic acids is 1. The van der Waals surface area contributed by atoms with E-state index in [1.54, 1.807) is 7.11 Å². The topological polar surface area (TPSA) is 106 Å². The van der Waals surface area contributed by atoms with E-state index in [2.05, 4.69) is 15.6 Å². The van der Waals surface area contributed by atoms with Crippen molar-refractivity contribution in [1.29, 1.82) is 0 Å². The van der Waals surface area contributed by atoms with Gasteiger partial charge in [0.2, 0.25) is 5.91 Å². The van der Waals surface area contributed by atoms with Crippen LogP contribution in [-0.2, 0) is 16.1 Å². The molecule has 8 nitrogen and oxygen atoms in total. The lowest BCUT2D eigenvalue weighted by molar-refractivity contribution is -0.121. The minimum atomic E-state index is -1.12. The fourth-order valence-electron chi connectivity index (χ4n) is 1.36. The molecule has 19 heavy (non-hydrogen) atoms. The molecule has 2 N–H and O–H groups in total. The highest BCUT2D eigenvalue weighted by molar-refractivity contribution is 5.84. The maximum atomic E-state index is 11.5. The first kappa shape index (κ1) is 15.1. The highest BCUT2D eigenvalue weighted by Gasteiger charge is 2.08. The molecule has 1 unspecified atom stereocenters. The van der Waals surface area contributed by atoms with Crippen LogP contribution in [0.4, 0.5) is 0 Å². The van der Waals surface area contributed by atoms with Gasteiger partial charge < -0.3 is 15.2 Å². The maximum absolute atomic E-state index is 11.5. The highest BCUT2D eigenvalue weighted by atomic mass is 16.5. The molecule has 0 aliphatic carbocycles. The molecule has 0 fully saturated rings. The first-order valence-corrected chi connectivity index (χ1v) is 5.96. The molecule has 0 saturated heterocycles. The quantitative estimate of drug-likeness (QED) is 0.683. The van der Waals surface area contributed by atoms with E-state index in [4.69, 9.17) is 9.84 Å². The molecule has 0 aliphatic heterocycles. The number of aromatic nitrogens is 3. The molecule has 0 saturated carbocycles. The third kappa shape index (κ3) is 5.47. The van der Waals surface area contributed by atoms with E-state index in [1.807, 2.05) is 6.92 Å². The molecule has 106 valence electrons. The third-order valence-corrected chi connectivity index (χ3v) is 2.60. The van der Waals surface area contributed by atoms with E-state index in [0.29, 0.717) is 25.9 Å². The van der Waals surface area contributed by atoms with Gasteiger partial charge in [-0.05, 0) is 13.3 Å². The second kappa shape index (κ2) is 7.47. The molecule has 8 heteroatoms. The number of hydrogen-bond donors (Lipinski definition) is 2. The second-order valence-corrected chi connectivity index (χ2v) is 4.11. The minimum Gasteiger partial charge on any atom is -0.476 e. The Labute approximate surface area is 110 Å². The zero-order valence-corrected chi connectivity index (χ0v) is 11.0. The Hall–Kier alpha value is -1.96. The van der Waals surface area contributed by atoms with Gasteiger partial charge in [-0.1, -0.05) is 5.21 Å². The molecule has 1 rings (SSSR count). The molecule has 0 radical (unpaired) electrons. The van der Waals surface area contributed by atoms with Crippen LogP contribution in [0.3, 0.4) is 0 Å². The van der Waals surface area contributed by atoms with E-state index in [0.717, 1.165) is 0 Å². The molecule has 1 heterocycles. The van der Waals surface area contributed by atoms with Gasteiger partial charge >= 0.3 is 5.97 Å². The number of carbonyl (C=O) groups excluding carboxylic acids is 1. The Kier molecular flexibility index (Phi) is 5.94. The average molecular weight is 270 g/mol. The van der Waals surface area contributed by atoms with Gasteiger partial charge in [0.1, 0.15) is 0 Å². The van der Waals surface area contributed by atoms with Crippen LogP contribution in [0.25, 0.3) is 0 Å².